The average Bonchev–Trinajstić information content (AvgIpc) is 2.33. The van der Waals surface area contributed by atoms with E-state index in [1.807, 2.05) is 12.1 Å². The van der Waals surface area contributed by atoms with Gasteiger partial charge in [0.1, 0.15) is 5.82 Å². The molecule has 2 unspecified atom stereocenters. The van der Waals surface area contributed by atoms with Gasteiger partial charge in [-0.15, -0.1) is 6.42 Å². The molecule has 3 aliphatic rings. The maximum atomic E-state index is 5.33. The number of likely N-dealkylation sites (tertiary alicyclic amines) is 1. The maximum Gasteiger partial charge on any atom is 0.128 e. The lowest BCUT2D eigenvalue weighted by molar-refractivity contribution is -0.132. The summed E-state index contributed by atoms with van der Waals surface area (Å²) in [6.07, 6.45) is 7.11. The van der Waals surface area contributed by atoms with Crippen molar-refractivity contribution in [1.29, 1.82) is 0 Å². The Hall–Kier alpha value is -1.57. The third kappa shape index (κ3) is 1.32. The van der Waals surface area contributed by atoms with E-state index in [1.54, 1.807) is 6.20 Å². The fraction of sp³-hybridized carbons (Fsp3) is 0.500. The summed E-state index contributed by atoms with van der Waals surface area (Å²) in [5.74, 6) is 3.65. The van der Waals surface area contributed by atoms with Crippen LogP contribution in [0, 0.1) is 12.3 Å². The molecule has 0 spiro atoms. The summed E-state index contributed by atoms with van der Waals surface area (Å²) >= 11 is 0. The van der Waals surface area contributed by atoms with Gasteiger partial charge in [0.15, 0.2) is 0 Å². The van der Waals surface area contributed by atoms with Crippen LogP contribution in [0.2, 0.25) is 0 Å². The zero-order valence-corrected chi connectivity index (χ0v) is 10.1. The van der Waals surface area contributed by atoms with Crippen LogP contribution in [-0.4, -0.2) is 54.3 Å². The summed E-state index contributed by atoms with van der Waals surface area (Å²) in [4.78, 5) is 9.38. The summed E-state index contributed by atoms with van der Waals surface area (Å²) in [6, 6.07) is 6.03. The van der Waals surface area contributed by atoms with Gasteiger partial charge in [-0.3, -0.25) is 4.90 Å². The van der Waals surface area contributed by atoms with Gasteiger partial charge in [0.2, 0.25) is 0 Å². The van der Waals surface area contributed by atoms with Crippen LogP contribution in [0.1, 0.15) is 5.56 Å². The lowest BCUT2D eigenvalue weighted by atomic mass is 9.83. The Morgan fingerprint density at radius 1 is 1.28 bits per heavy atom. The first-order chi connectivity index (χ1) is 8.86. The van der Waals surface area contributed by atoms with E-state index in [0.29, 0.717) is 18.1 Å². The highest BCUT2D eigenvalue weighted by molar-refractivity contribution is 5.49. The highest BCUT2D eigenvalue weighted by Crippen LogP contribution is 2.38. The molecule has 4 heteroatoms. The Balaban J connectivity index is 1.42. The zero-order valence-electron chi connectivity index (χ0n) is 10.1. The number of pyridine rings is 1. The quantitative estimate of drug-likeness (QED) is 0.698. The summed E-state index contributed by atoms with van der Waals surface area (Å²) in [6.45, 7) is 4.07. The van der Waals surface area contributed by atoms with E-state index in [-0.39, 0.29) is 0 Å². The number of aromatic nitrogens is 1. The van der Waals surface area contributed by atoms with E-state index in [9.17, 15) is 0 Å². The minimum Gasteiger partial charge on any atom is -0.378 e. The van der Waals surface area contributed by atoms with E-state index in [0.717, 1.165) is 37.7 Å². The molecule has 0 aromatic carbocycles. The summed E-state index contributed by atoms with van der Waals surface area (Å²) in [5.41, 5.74) is 0.845. The van der Waals surface area contributed by atoms with Crippen molar-refractivity contribution in [2.24, 2.45) is 0 Å². The zero-order chi connectivity index (χ0) is 12.1. The van der Waals surface area contributed by atoms with E-state index >= 15 is 0 Å². The van der Waals surface area contributed by atoms with E-state index in [1.165, 1.54) is 0 Å². The smallest absolute Gasteiger partial charge is 0.128 e. The maximum absolute atomic E-state index is 5.33. The number of hydrogen-bond acceptors (Lipinski definition) is 4. The Labute approximate surface area is 107 Å². The predicted molar refractivity (Wildman–Crippen MR) is 68.4 cm³/mol. The van der Waals surface area contributed by atoms with Crippen LogP contribution >= 0.6 is 0 Å². The molecule has 4 rings (SSSR count). The number of hydrogen-bond donors (Lipinski definition) is 0. The number of anilines is 1. The molecule has 0 saturated carbocycles. The van der Waals surface area contributed by atoms with Crippen molar-refractivity contribution in [3.8, 4) is 12.3 Å². The molecule has 3 aliphatic heterocycles. The van der Waals surface area contributed by atoms with Crippen LogP contribution in [0.15, 0.2) is 18.3 Å². The van der Waals surface area contributed by atoms with Gasteiger partial charge in [-0.2, -0.15) is 0 Å². The molecule has 92 valence electrons. The van der Waals surface area contributed by atoms with Crippen LogP contribution in [0.5, 0.6) is 0 Å². The van der Waals surface area contributed by atoms with Crippen molar-refractivity contribution >= 4 is 5.82 Å². The number of terminal acetylenes is 1. The van der Waals surface area contributed by atoms with Crippen LogP contribution in [-0.2, 0) is 4.74 Å². The number of rotatable bonds is 2. The van der Waals surface area contributed by atoms with Gasteiger partial charge in [-0.25, -0.2) is 4.98 Å². The van der Waals surface area contributed by atoms with Crippen LogP contribution < -0.4 is 4.90 Å². The number of nitrogens with zero attached hydrogens (tertiary/aromatic N) is 3. The lowest BCUT2D eigenvalue weighted by Crippen LogP contribution is -2.82. The molecular weight excluding hydrogens is 226 g/mol. The Morgan fingerprint density at radius 2 is 2.17 bits per heavy atom. The van der Waals surface area contributed by atoms with Crippen LogP contribution in [0.4, 0.5) is 5.82 Å². The van der Waals surface area contributed by atoms with Gasteiger partial charge in [0.25, 0.3) is 0 Å². The monoisotopic (exact) mass is 241 g/mol. The molecule has 4 heterocycles. The molecule has 1 aromatic rings. The molecule has 3 saturated heterocycles. The summed E-state index contributed by atoms with van der Waals surface area (Å²) in [7, 11) is 0. The minimum absolute atomic E-state index is 0.648. The molecule has 0 amide bonds. The Morgan fingerprint density at radius 3 is 2.67 bits per heavy atom. The fourth-order valence-electron chi connectivity index (χ4n) is 3.03. The molecule has 18 heavy (non-hydrogen) atoms. The number of fused-ring (bicyclic) bond motifs is 1. The van der Waals surface area contributed by atoms with E-state index in [4.69, 9.17) is 11.2 Å². The van der Waals surface area contributed by atoms with Crippen molar-refractivity contribution in [1.82, 2.24) is 9.88 Å². The number of piperazine rings is 1. The highest BCUT2D eigenvalue weighted by atomic mass is 16.5. The van der Waals surface area contributed by atoms with Crippen molar-refractivity contribution in [3.05, 3.63) is 23.9 Å². The first-order valence-corrected chi connectivity index (χ1v) is 6.39. The normalized spacial score (nSPS) is 30.7. The molecule has 1 aromatic heterocycles. The summed E-state index contributed by atoms with van der Waals surface area (Å²) < 4.78 is 5.25. The van der Waals surface area contributed by atoms with Gasteiger partial charge >= 0.3 is 0 Å². The second-order valence-electron chi connectivity index (χ2n) is 5.22. The molecule has 0 bridgehead atoms. The molecule has 2 atom stereocenters. The van der Waals surface area contributed by atoms with Crippen LogP contribution in [0.3, 0.4) is 0 Å². The van der Waals surface area contributed by atoms with Crippen LogP contribution in [0.25, 0.3) is 0 Å². The first-order valence-electron chi connectivity index (χ1n) is 6.39. The second-order valence-corrected chi connectivity index (χ2v) is 5.22. The summed E-state index contributed by atoms with van der Waals surface area (Å²) in [5, 5.41) is 0. The topological polar surface area (TPSA) is 28.6 Å². The van der Waals surface area contributed by atoms with Gasteiger partial charge in [-0.1, -0.05) is 5.92 Å². The number of ether oxygens (including phenoxy) is 1. The second kappa shape index (κ2) is 3.71. The molecule has 0 N–H and O–H groups in total. The molecule has 4 nitrogen and oxygen atoms in total. The molecule has 3 fully saturated rings. The fourth-order valence-corrected chi connectivity index (χ4v) is 3.03. The first kappa shape index (κ1) is 10.4. The molecular formula is C14H15N3O. The molecule has 0 radical (unpaired) electrons. The SMILES string of the molecule is C#Cc1ccc(N2CC3C2CN3C2COC2)nc1. The molecule has 0 aliphatic carbocycles. The van der Waals surface area contributed by atoms with Crippen molar-refractivity contribution in [3.63, 3.8) is 0 Å². The van der Waals surface area contributed by atoms with Crippen molar-refractivity contribution in [2.75, 3.05) is 31.2 Å². The van der Waals surface area contributed by atoms with Crippen molar-refractivity contribution in [2.45, 2.75) is 18.1 Å². The third-order valence-electron chi connectivity index (χ3n) is 4.35. The van der Waals surface area contributed by atoms with E-state index < -0.39 is 0 Å². The standard InChI is InChI=1S/C14H15N3O/c1-2-10-3-4-14(15-5-10)17-7-12-13(17)6-16(12)11-8-18-9-11/h1,3-5,11-13H,6-9H2. The van der Waals surface area contributed by atoms with Gasteiger partial charge in [-0.05, 0) is 12.1 Å². The third-order valence-corrected chi connectivity index (χ3v) is 4.35. The van der Waals surface area contributed by atoms with Gasteiger partial charge < -0.3 is 9.64 Å². The van der Waals surface area contributed by atoms with Gasteiger partial charge in [0, 0.05) is 30.9 Å². The Bertz CT molecular complexity index is 503. The minimum atomic E-state index is 0.648. The van der Waals surface area contributed by atoms with E-state index in [2.05, 4.69) is 20.7 Å². The van der Waals surface area contributed by atoms with Crippen molar-refractivity contribution < 1.29 is 4.74 Å². The lowest BCUT2D eigenvalue weighted by Gasteiger charge is -2.65. The average molecular weight is 241 g/mol. The van der Waals surface area contributed by atoms with Gasteiger partial charge in [0.05, 0.1) is 25.3 Å². The Kier molecular flexibility index (Phi) is 2.14. The highest BCUT2D eigenvalue weighted by Gasteiger charge is 2.54. The predicted octanol–water partition coefficient (Wildman–Crippen LogP) is 0.334. The largest absolute Gasteiger partial charge is 0.378 e.